The van der Waals surface area contributed by atoms with Crippen molar-refractivity contribution in [3.05, 3.63) is 98.7 Å². The van der Waals surface area contributed by atoms with Crippen molar-refractivity contribution >= 4 is 40.5 Å². The molecule has 1 N–H and O–H groups in total. The molecule has 0 saturated heterocycles. The van der Waals surface area contributed by atoms with E-state index in [-0.39, 0.29) is 6.61 Å². The van der Waals surface area contributed by atoms with Crippen molar-refractivity contribution in [1.29, 1.82) is 0 Å². The van der Waals surface area contributed by atoms with Gasteiger partial charge >= 0.3 is 0 Å². The van der Waals surface area contributed by atoms with Crippen LogP contribution in [0.2, 0.25) is 15.1 Å². The maximum absolute atomic E-state index is 6.46. The number of benzene rings is 3. The molecule has 1 fully saturated rings. The van der Waals surface area contributed by atoms with Crippen molar-refractivity contribution < 1.29 is 9.26 Å². The molecule has 7 heteroatoms. The summed E-state index contributed by atoms with van der Waals surface area (Å²) in [5, 5.41) is 8.87. The number of nitrogens with one attached hydrogen (secondary N) is 1. The van der Waals surface area contributed by atoms with Crippen molar-refractivity contribution in [3.8, 4) is 29.0 Å². The predicted octanol–water partition coefficient (Wildman–Crippen LogP) is 8.18. The summed E-state index contributed by atoms with van der Waals surface area (Å²) >= 11 is 19.3. The number of aromatic nitrogens is 1. The maximum Gasteiger partial charge on any atom is 0.147 e. The van der Waals surface area contributed by atoms with Crippen LogP contribution in [0.1, 0.15) is 35.6 Å². The second-order valence-electron chi connectivity index (χ2n) is 7.92. The number of halogens is 3. The Morgan fingerprint density at radius 2 is 1.71 bits per heavy atom. The SMILES string of the molecule is Clc1cc(OCc2c(-c3c(Cl)cccc3Cl)noc2C2CC2)ccc1C#CNc1ccccc1. The Labute approximate surface area is 212 Å². The third-order valence-corrected chi connectivity index (χ3v) is 6.41. The van der Waals surface area contributed by atoms with Crippen LogP contribution >= 0.6 is 34.8 Å². The van der Waals surface area contributed by atoms with Crippen LogP contribution in [0.4, 0.5) is 5.69 Å². The highest BCUT2D eigenvalue weighted by molar-refractivity contribution is 6.39. The summed E-state index contributed by atoms with van der Waals surface area (Å²) in [6, 6.07) is 23.4. The van der Waals surface area contributed by atoms with E-state index in [1.165, 1.54) is 0 Å². The third-order valence-electron chi connectivity index (χ3n) is 5.47. The third kappa shape index (κ3) is 5.03. The number of hydrogen-bond donors (Lipinski definition) is 1. The van der Waals surface area contributed by atoms with Gasteiger partial charge in [0.25, 0.3) is 0 Å². The van der Waals surface area contributed by atoms with Gasteiger partial charge in [-0.05, 0) is 55.2 Å². The molecule has 1 heterocycles. The lowest BCUT2D eigenvalue weighted by atomic mass is 10.0. The molecule has 0 amide bonds. The van der Waals surface area contributed by atoms with E-state index < -0.39 is 0 Å². The highest BCUT2D eigenvalue weighted by atomic mass is 35.5. The lowest BCUT2D eigenvalue weighted by molar-refractivity contribution is 0.300. The molecule has 0 unspecified atom stereocenters. The van der Waals surface area contributed by atoms with Gasteiger partial charge in [0.05, 0.1) is 20.6 Å². The first-order valence-electron chi connectivity index (χ1n) is 10.8. The smallest absolute Gasteiger partial charge is 0.147 e. The quantitative estimate of drug-likeness (QED) is 0.210. The van der Waals surface area contributed by atoms with Crippen molar-refractivity contribution in [2.45, 2.75) is 25.4 Å². The molecular weight excluding hydrogens is 491 g/mol. The van der Waals surface area contributed by atoms with Crippen LogP contribution in [-0.2, 0) is 6.61 Å². The van der Waals surface area contributed by atoms with E-state index in [0.717, 1.165) is 29.9 Å². The molecule has 5 rings (SSSR count). The van der Waals surface area contributed by atoms with Gasteiger partial charge in [-0.25, -0.2) is 0 Å². The molecule has 4 aromatic rings. The molecule has 34 heavy (non-hydrogen) atoms. The minimum Gasteiger partial charge on any atom is -0.489 e. The molecule has 0 radical (unpaired) electrons. The van der Waals surface area contributed by atoms with Gasteiger partial charge in [0, 0.05) is 34.8 Å². The molecule has 0 spiro atoms. The largest absolute Gasteiger partial charge is 0.489 e. The lowest BCUT2D eigenvalue weighted by Gasteiger charge is -2.10. The number of anilines is 1. The van der Waals surface area contributed by atoms with Gasteiger partial charge in [-0.2, -0.15) is 0 Å². The second-order valence-corrected chi connectivity index (χ2v) is 9.14. The van der Waals surface area contributed by atoms with Gasteiger partial charge in [0.15, 0.2) is 0 Å². The standard InChI is InChI=1S/C27H19Cl3N2O2/c28-22-7-4-8-23(29)25(22)26-21(27(34-32-26)18-9-10-18)16-33-20-12-11-17(24(30)15-20)13-14-31-19-5-2-1-3-6-19/h1-8,11-12,15,18,31H,9-10,16H2. The monoisotopic (exact) mass is 508 g/mol. The number of hydrogen-bond acceptors (Lipinski definition) is 4. The summed E-state index contributed by atoms with van der Waals surface area (Å²) in [4.78, 5) is 0. The van der Waals surface area contributed by atoms with E-state index in [4.69, 9.17) is 44.1 Å². The van der Waals surface area contributed by atoms with Gasteiger partial charge in [-0.1, -0.05) is 64.2 Å². The summed E-state index contributed by atoms with van der Waals surface area (Å²) in [5.41, 5.74) is 3.72. The zero-order chi connectivity index (χ0) is 23.5. The number of nitrogens with zero attached hydrogens (tertiary/aromatic N) is 1. The van der Waals surface area contributed by atoms with Gasteiger partial charge < -0.3 is 14.6 Å². The summed E-state index contributed by atoms with van der Waals surface area (Å²) in [7, 11) is 0. The fraction of sp³-hybridized carbons (Fsp3) is 0.148. The first kappa shape index (κ1) is 22.7. The minimum atomic E-state index is 0.253. The molecule has 4 nitrogen and oxygen atoms in total. The van der Waals surface area contributed by atoms with Crippen LogP contribution in [0.5, 0.6) is 5.75 Å². The average Bonchev–Trinajstić information content (AvgIpc) is 3.60. The first-order chi connectivity index (χ1) is 16.6. The topological polar surface area (TPSA) is 47.3 Å². The molecule has 1 saturated carbocycles. The Balaban J connectivity index is 1.35. The van der Waals surface area contributed by atoms with E-state index in [1.807, 2.05) is 42.5 Å². The Bertz CT molecular complexity index is 1370. The first-order valence-corrected chi connectivity index (χ1v) is 11.9. The molecule has 0 bridgehead atoms. The average molecular weight is 510 g/mol. The van der Waals surface area contributed by atoms with Crippen molar-refractivity contribution in [1.82, 2.24) is 5.16 Å². The highest BCUT2D eigenvalue weighted by Gasteiger charge is 2.33. The van der Waals surface area contributed by atoms with Crippen LogP contribution < -0.4 is 10.1 Å². The Kier molecular flexibility index (Phi) is 6.69. The Morgan fingerprint density at radius 3 is 2.41 bits per heavy atom. The molecule has 1 aliphatic carbocycles. The maximum atomic E-state index is 6.46. The molecule has 1 aliphatic rings. The fourth-order valence-electron chi connectivity index (χ4n) is 3.58. The summed E-state index contributed by atoms with van der Waals surface area (Å²) < 4.78 is 11.8. The molecule has 1 aromatic heterocycles. The van der Waals surface area contributed by atoms with Gasteiger partial charge in [-0.15, -0.1) is 0 Å². The zero-order valence-electron chi connectivity index (χ0n) is 17.9. The Morgan fingerprint density at radius 1 is 0.941 bits per heavy atom. The van der Waals surface area contributed by atoms with E-state index in [9.17, 15) is 0 Å². The molecular formula is C27H19Cl3N2O2. The lowest BCUT2D eigenvalue weighted by Crippen LogP contribution is -2.00. The van der Waals surface area contributed by atoms with Crippen LogP contribution in [0, 0.1) is 12.0 Å². The summed E-state index contributed by atoms with van der Waals surface area (Å²) in [6.45, 7) is 0.253. The van der Waals surface area contributed by atoms with E-state index in [2.05, 4.69) is 22.4 Å². The van der Waals surface area contributed by atoms with Crippen LogP contribution in [0.25, 0.3) is 11.3 Å². The summed E-state index contributed by atoms with van der Waals surface area (Å²) in [5.74, 6) is 4.82. The second kappa shape index (κ2) is 10.0. The van der Waals surface area contributed by atoms with Gasteiger partial charge in [-0.3, -0.25) is 0 Å². The minimum absolute atomic E-state index is 0.253. The molecule has 3 aromatic carbocycles. The highest BCUT2D eigenvalue weighted by Crippen LogP contribution is 2.46. The molecule has 170 valence electrons. The van der Waals surface area contributed by atoms with Crippen LogP contribution in [-0.4, -0.2) is 5.16 Å². The van der Waals surface area contributed by atoms with Crippen molar-refractivity contribution in [2.75, 3.05) is 5.32 Å². The van der Waals surface area contributed by atoms with Crippen LogP contribution in [0.15, 0.2) is 71.3 Å². The van der Waals surface area contributed by atoms with Gasteiger partial charge in [0.1, 0.15) is 23.8 Å². The number of para-hydroxylation sites is 1. The van der Waals surface area contributed by atoms with Crippen molar-refractivity contribution in [2.24, 2.45) is 0 Å². The predicted molar refractivity (Wildman–Crippen MR) is 137 cm³/mol. The summed E-state index contributed by atoms with van der Waals surface area (Å²) in [6.07, 6.45) is 2.13. The number of rotatable bonds is 6. The normalized spacial score (nSPS) is 12.7. The van der Waals surface area contributed by atoms with Crippen LogP contribution in [0.3, 0.4) is 0 Å². The fourth-order valence-corrected chi connectivity index (χ4v) is 4.38. The van der Waals surface area contributed by atoms with Crippen molar-refractivity contribution in [3.63, 3.8) is 0 Å². The molecule has 0 aliphatic heterocycles. The van der Waals surface area contributed by atoms with E-state index >= 15 is 0 Å². The molecule has 0 atom stereocenters. The zero-order valence-corrected chi connectivity index (χ0v) is 20.2. The van der Waals surface area contributed by atoms with E-state index in [1.54, 1.807) is 24.3 Å². The Hall–Kier alpha value is -3.10. The van der Waals surface area contributed by atoms with Gasteiger partial charge in [0.2, 0.25) is 0 Å². The number of ether oxygens (including phenoxy) is 1. The van der Waals surface area contributed by atoms with E-state index in [0.29, 0.717) is 43.6 Å².